The Morgan fingerprint density at radius 2 is 1.81 bits per heavy atom. The number of amides is 3. The molecule has 4 rings (SSSR count). The number of rotatable bonds is 8. The van der Waals surface area contributed by atoms with Crippen molar-refractivity contribution in [2.45, 2.75) is 31.8 Å². The van der Waals surface area contributed by atoms with E-state index in [9.17, 15) is 9.59 Å². The Balaban J connectivity index is 1.40. The Morgan fingerprint density at radius 1 is 1.06 bits per heavy atom. The summed E-state index contributed by atoms with van der Waals surface area (Å²) in [5.74, 6) is 0.390. The van der Waals surface area contributed by atoms with Gasteiger partial charge in [-0.2, -0.15) is 0 Å². The summed E-state index contributed by atoms with van der Waals surface area (Å²) >= 11 is 0. The Bertz CT molecular complexity index is 920. The van der Waals surface area contributed by atoms with Gasteiger partial charge in [0.1, 0.15) is 0 Å². The number of anilines is 1. The Kier molecular flexibility index (Phi) is 7.27. The second-order valence-electron chi connectivity index (χ2n) is 8.23. The average Bonchev–Trinajstić information content (AvgIpc) is 3.27. The number of carbonyl (C=O) groups excluding carboxylic acids is 2. The van der Waals surface area contributed by atoms with Gasteiger partial charge >= 0.3 is 6.03 Å². The van der Waals surface area contributed by atoms with Gasteiger partial charge in [-0.1, -0.05) is 48.5 Å². The summed E-state index contributed by atoms with van der Waals surface area (Å²) in [5.41, 5.74) is 3.52. The number of ether oxygens (including phenoxy) is 1. The molecule has 1 saturated heterocycles. The number of nitrogens with zero attached hydrogens (tertiary/aromatic N) is 1. The first kappa shape index (κ1) is 22.1. The minimum Gasteiger partial charge on any atom is -0.380 e. The van der Waals surface area contributed by atoms with E-state index in [2.05, 4.69) is 52.3 Å². The van der Waals surface area contributed by atoms with Gasteiger partial charge in [0, 0.05) is 44.3 Å². The molecule has 0 saturated carbocycles. The van der Waals surface area contributed by atoms with Gasteiger partial charge in [0.05, 0.1) is 18.7 Å². The standard InChI is InChI=1S/C25H32N4O3/c1-2-32-17-15-27-25(31)26-14-12-22(30)29-16-13-20-23(18-8-4-3-5-9-18)28-21-11-7-6-10-19(21)24(20)29/h3-11,20,23-24,28H,2,12-17H2,1H3,(H2,26,27,31)/t20-,23+,24+/m1/s1. The predicted octanol–water partition coefficient (Wildman–Crippen LogP) is 3.47. The molecule has 0 bridgehead atoms. The molecule has 2 heterocycles. The summed E-state index contributed by atoms with van der Waals surface area (Å²) in [4.78, 5) is 27.0. The monoisotopic (exact) mass is 436 g/mol. The van der Waals surface area contributed by atoms with Gasteiger partial charge < -0.3 is 25.6 Å². The van der Waals surface area contributed by atoms with Gasteiger partial charge in [-0.05, 0) is 30.5 Å². The molecule has 3 atom stereocenters. The van der Waals surface area contributed by atoms with E-state index >= 15 is 0 Å². The van der Waals surface area contributed by atoms with Crippen molar-refractivity contribution in [3.05, 3.63) is 65.7 Å². The number of hydrogen-bond donors (Lipinski definition) is 3. The number of para-hydroxylation sites is 1. The third kappa shape index (κ3) is 4.88. The van der Waals surface area contributed by atoms with Crippen molar-refractivity contribution >= 4 is 17.6 Å². The maximum atomic E-state index is 13.1. The number of hydrogen-bond acceptors (Lipinski definition) is 4. The van der Waals surface area contributed by atoms with Crippen LogP contribution in [0.25, 0.3) is 0 Å². The van der Waals surface area contributed by atoms with Crippen LogP contribution in [0, 0.1) is 5.92 Å². The number of nitrogens with one attached hydrogen (secondary N) is 3. The van der Waals surface area contributed by atoms with Gasteiger partial charge in [-0.15, -0.1) is 0 Å². The molecule has 2 aliphatic rings. The average molecular weight is 437 g/mol. The quantitative estimate of drug-likeness (QED) is 0.554. The molecule has 0 spiro atoms. The highest BCUT2D eigenvalue weighted by Gasteiger charge is 2.45. The zero-order chi connectivity index (χ0) is 22.3. The molecule has 32 heavy (non-hydrogen) atoms. The summed E-state index contributed by atoms with van der Waals surface area (Å²) < 4.78 is 5.21. The molecule has 0 radical (unpaired) electrons. The Hall–Kier alpha value is -3.06. The lowest BCUT2D eigenvalue weighted by Gasteiger charge is -2.40. The molecule has 0 unspecified atom stereocenters. The fraction of sp³-hybridized carbons (Fsp3) is 0.440. The summed E-state index contributed by atoms with van der Waals surface area (Å²) in [6.45, 7) is 4.52. The zero-order valence-electron chi connectivity index (χ0n) is 18.5. The molecular formula is C25H32N4O3. The largest absolute Gasteiger partial charge is 0.380 e. The predicted molar refractivity (Wildman–Crippen MR) is 124 cm³/mol. The van der Waals surface area contributed by atoms with Gasteiger partial charge in [-0.25, -0.2) is 4.79 Å². The smallest absolute Gasteiger partial charge is 0.314 e. The summed E-state index contributed by atoms with van der Waals surface area (Å²) in [6, 6.07) is 18.7. The third-order valence-corrected chi connectivity index (χ3v) is 6.30. The number of benzene rings is 2. The second kappa shape index (κ2) is 10.5. The van der Waals surface area contributed by atoms with Gasteiger partial charge in [0.15, 0.2) is 0 Å². The van der Waals surface area contributed by atoms with Crippen LogP contribution in [0.2, 0.25) is 0 Å². The van der Waals surface area contributed by atoms with Crippen LogP contribution < -0.4 is 16.0 Å². The van der Waals surface area contributed by atoms with Crippen LogP contribution in [0.15, 0.2) is 54.6 Å². The number of urea groups is 1. The minimum absolute atomic E-state index is 0.0465. The first-order chi connectivity index (χ1) is 15.7. The van der Waals surface area contributed by atoms with Crippen molar-refractivity contribution in [3.63, 3.8) is 0 Å². The first-order valence-corrected chi connectivity index (χ1v) is 11.5. The summed E-state index contributed by atoms with van der Waals surface area (Å²) in [6.07, 6.45) is 1.23. The van der Waals surface area contributed by atoms with Crippen LogP contribution in [0.5, 0.6) is 0 Å². The molecule has 0 aromatic heterocycles. The highest BCUT2D eigenvalue weighted by molar-refractivity contribution is 5.79. The van der Waals surface area contributed by atoms with Crippen molar-refractivity contribution in [3.8, 4) is 0 Å². The second-order valence-corrected chi connectivity index (χ2v) is 8.23. The van der Waals surface area contributed by atoms with Crippen molar-refractivity contribution in [1.29, 1.82) is 0 Å². The van der Waals surface area contributed by atoms with Crippen LogP contribution in [0.3, 0.4) is 0 Å². The Morgan fingerprint density at radius 3 is 2.62 bits per heavy atom. The molecule has 3 amide bonds. The highest BCUT2D eigenvalue weighted by atomic mass is 16.5. The van der Waals surface area contributed by atoms with Crippen LogP contribution in [-0.2, 0) is 9.53 Å². The lowest BCUT2D eigenvalue weighted by Crippen LogP contribution is -2.41. The van der Waals surface area contributed by atoms with E-state index in [4.69, 9.17) is 4.74 Å². The molecule has 2 aromatic carbocycles. The maximum Gasteiger partial charge on any atom is 0.314 e. The molecule has 3 N–H and O–H groups in total. The van der Waals surface area contributed by atoms with Crippen molar-refractivity contribution in [2.24, 2.45) is 5.92 Å². The van der Waals surface area contributed by atoms with E-state index in [-0.39, 0.29) is 30.4 Å². The van der Waals surface area contributed by atoms with E-state index in [0.29, 0.717) is 32.2 Å². The molecule has 7 heteroatoms. The van der Waals surface area contributed by atoms with Gasteiger partial charge in [-0.3, -0.25) is 4.79 Å². The van der Waals surface area contributed by atoms with Crippen LogP contribution in [0.1, 0.15) is 43.0 Å². The third-order valence-electron chi connectivity index (χ3n) is 6.30. The van der Waals surface area contributed by atoms with E-state index in [0.717, 1.165) is 18.7 Å². The minimum atomic E-state index is -0.270. The number of fused-ring (bicyclic) bond motifs is 3. The highest BCUT2D eigenvalue weighted by Crippen LogP contribution is 2.51. The molecule has 170 valence electrons. The van der Waals surface area contributed by atoms with Crippen molar-refractivity contribution < 1.29 is 14.3 Å². The van der Waals surface area contributed by atoms with Crippen LogP contribution in [-0.4, -0.2) is 49.7 Å². The maximum absolute atomic E-state index is 13.1. The van der Waals surface area contributed by atoms with Crippen LogP contribution >= 0.6 is 0 Å². The SMILES string of the molecule is CCOCCNC(=O)NCCC(=O)N1CC[C@@H]2[C@H](c3ccccc3)Nc3ccccc3[C@@H]21. The fourth-order valence-corrected chi connectivity index (χ4v) is 4.87. The van der Waals surface area contributed by atoms with Crippen LogP contribution in [0.4, 0.5) is 10.5 Å². The molecule has 2 aliphatic heterocycles. The molecule has 2 aromatic rings. The lowest BCUT2D eigenvalue weighted by molar-refractivity contribution is -0.132. The topological polar surface area (TPSA) is 82.7 Å². The Labute approximate surface area is 189 Å². The van der Waals surface area contributed by atoms with E-state index in [1.54, 1.807) is 0 Å². The van der Waals surface area contributed by atoms with Gasteiger partial charge in [0.2, 0.25) is 5.91 Å². The van der Waals surface area contributed by atoms with E-state index < -0.39 is 0 Å². The van der Waals surface area contributed by atoms with Crippen molar-refractivity contribution in [2.75, 3.05) is 38.2 Å². The zero-order valence-corrected chi connectivity index (χ0v) is 18.5. The number of likely N-dealkylation sites (tertiary alicyclic amines) is 1. The fourth-order valence-electron chi connectivity index (χ4n) is 4.87. The van der Waals surface area contributed by atoms with E-state index in [1.165, 1.54) is 11.1 Å². The molecule has 0 aliphatic carbocycles. The molecular weight excluding hydrogens is 404 g/mol. The van der Waals surface area contributed by atoms with E-state index in [1.807, 2.05) is 30.0 Å². The lowest BCUT2D eigenvalue weighted by atomic mass is 9.80. The summed E-state index contributed by atoms with van der Waals surface area (Å²) in [5, 5.41) is 9.23. The number of carbonyl (C=O) groups is 2. The molecule has 1 fully saturated rings. The molecule has 7 nitrogen and oxygen atoms in total. The van der Waals surface area contributed by atoms with Crippen molar-refractivity contribution in [1.82, 2.24) is 15.5 Å². The summed E-state index contributed by atoms with van der Waals surface area (Å²) in [7, 11) is 0. The normalized spacial score (nSPS) is 21.3. The van der Waals surface area contributed by atoms with Gasteiger partial charge in [0.25, 0.3) is 0 Å². The first-order valence-electron chi connectivity index (χ1n) is 11.5.